The average molecular weight is 283 g/mol. The van der Waals surface area contributed by atoms with Gasteiger partial charge in [-0.05, 0) is 24.1 Å². The Morgan fingerprint density at radius 1 is 1.11 bits per heavy atom. The van der Waals surface area contributed by atoms with Crippen molar-refractivity contribution in [3.8, 4) is 0 Å². The van der Waals surface area contributed by atoms with Gasteiger partial charge in [-0.2, -0.15) is 13.2 Å². The SMILES string of the molecule is OCCCN(Cc1ccc(F)c(F)c1)CC(F)(F)F. The van der Waals surface area contributed by atoms with Gasteiger partial charge in [0.05, 0.1) is 6.54 Å². The monoisotopic (exact) mass is 283 g/mol. The molecular weight excluding hydrogens is 269 g/mol. The maximum atomic E-state index is 13.0. The van der Waals surface area contributed by atoms with Gasteiger partial charge < -0.3 is 5.11 Å². The van der Waals surface area contributed by atoms with Crippen molar-refractivity contribution in [2.45, 2.75) is 19.1 Å². The van der Waals surface area contributed by atoms with Crippen molar-refractivity contribution >= 4 is 0 Å². The topological polar surface area (TPSA) is 23.5 Å². The summed E-state index contributed by atoms with van der Waals surface area (Å²) in [6.45, 7) is -1.52. The summed E-state index contributed by atoms with van der Waals surface area (Å²) in [5.74, 6) is -2.13. The minimum atomic E-state index is -4.38. The lowest BCUT2D eigenvalue weighted by molar-refractivity contribution is -0.147. The number of alkyl halides is 3. The lowest BCUT2D eigenvalue weighted by Gasteiger charge is -2.23. The van der Waals surface area contributed by atoms with E-state index >= 15 is 0 Å². The first-order valence-electron chi connectivity index (χ1n) is 5.65. The highest BCUT2D eigenvalue weighted by Gasteiger charge is 2.30. The van der Waals surface area contributed by atoms with Crippen LogP contribution < -0.4 is 0 Å². The third kappa shape index (κ3) is 5.98. The standard InChI is InChI=1S/C12H14F5NO/c13-10-3-2-9(6-11(10)14)7-18(4-1-5-19)8-12(15,16)17/h2-3,6,19H,1,4-5,7-8H2. The second kappa shape index (κ2) is 6.81. The quantitative estimate of drug-likeness (QED) is 0.811. The van der Waals surface area contributed by atoms with Gasteiger partial charge in [-0.25, -0.2) is 8.78 Å². The van der Waals surface area contributed by atoms with E-state index in [1.807, 2.05) is 0 Å². The fraction of sp³-hybridized carbons (Fsp3) is 0.500. The summed E-state index contributed by atoms with van der Waals surface area (Å²) in [4.78, 5) is 1.03. The number of aliphatic hydroxyl groups is 1. The Balaban J connectivity index is 2.72. The zero-order chi connectivity index (χ0) is 14.5. The lowest BCUT2D eigenvalue weighted by atomic mass is 10.2. The van der Waals surface area contributed by atoms with Gasteiger partial charge in [-0.15, -0.1) is 0 Å². The highest BCUT2D eigenvalue weighted by atomic mass is 19.4. The van der Waals surface area contributed by atoms with Gasteiger partial charge in [-0.1, -0.05) is 6.07 Å². The van der Waals surface area contributed by atoms with E-state index in [1.54, 1.807) is 0 Å². The average Bonchev–Trinajstić information content (AvgIpc) is 2.29. The molecule has 7 heteroatoms. The Morgan fingerprint density at radius 3 is 2.32 bits per heavy atom. The van der Waals surface area contributed by atoms with Crippen LogP contribution in [-0.4, -0.2) is 35.9 Å². The summed E-state index contributed by atoms with van der Waals surface area (Å²) in [7, 11) is 0. The summed E-state index contributed by atoms with van der Waals surface area (Å²) in [6, 6.07) is 2.99. The molecule has 0 fully saturated rings. The molecule has 1 rings (SSSR count). The van der Waals surface area contributed by atoms with Crippen LogP contribution in [0.2, 0.25) is 0 Å². The molecule has 1 aromatic carbocycles. The molecule has 0 saturated heterocycles. The number of halogens is 5. The third-order valence-electron chi connectivity index (χ3n) is 2.43. The number of nitrogens with zero attached hydrogens (tertiary/aromatic N) is 1. The molecule has 0 aliphatic carbocycles. The predicted molar refractivity (Wildman–Crippen MR) is 59.4 cm³/mol. The molecule has 0 heterocycles. The van der Waals surface area contributed by atoms with Gasteiger partial charge in [0, 0.05) is 19.7 Å². The third-order valence-corrected chi connectivity index (χ3v) is 2.43. The number of hydrogen-bond donors (Lipinski definition) is 1. The van der Waals surface area contributed by atoms with Crippen molar-refractivity contribution in [3.63, 3.8) is 0 Å². The van der Waals surface area contributed by atoms with Crippen molar-refractivity contribution < 1.29 is 27.1 Å². The summed E-state index contributed by atoms with van der Waals surface area (Å²) in [5.41, 5.74) is 0.251. The molecule has 108 valence electrons. The highest BCUT2D eigenvalue weighted by Crippen LogP contribution is 2.19. The fourth-order valence-corrected chi connectivity index (χ4v) is 1.66. The predicted octanol–water partition coefficient (Wildman–Crippen LogP) is 2.71. The van der Waals surface area contributed by atoms with Gasteiger partial charge in [0.15, 0.2) is 11.6 Å². The Kier molecular flexibility index (Phi) is 5.68. The number of hydrogen-bond acceptors (Lipinski definition) is 2. The van der Waals surface area contributed by atoms with Crippen LogP contribution in [0.5, 0.6) is 0 Å². The van der Waals surface area contributed by atoms with Gasteiger partial charge in [-0.3, -0.25) is 4.90 Å². The number of rotatable bonds is 6. The molecule has 0 unspecified atom stereocenters. The Labute approximate surface area is 107 Å². The smallest absolute Gasteiger partial charge is 0.396 e. The van der Waals surface area contributed by atoms with Crippen molar-refractivity contribution in [3.05, 3.63) is 35.4 Å². The van der Waals surface area contributed by atoms with Crippen molar-refractivity contribution in [2.75, 3.05) is 19.7 Å². The summed E-state index contributed by atoms with van der Waals surface area (Å²) >= 11 is 0. The summed E-state index contributed by atoms with van der Waals surface area (Å²) < 4.78 is 62.7. The molecule has 2 nitrogen and oxygen atoms in total. The summed E-state index contributed by atoms with van der Waals surface area (Å²) in [5, 5.41) is 8.64. The lowest BCUT2D eigenvalue weighted by Crippen LogP contribution is -2.34. The van der Waals surface area contributed by atoms with E-state index in [-0.39, 0.29) is 31.7 Å². The number of benzene rings is 1. The van der Waals surface area contributed by atoms with Gasteiger partial charge >= 0.3 is 6.18 Å². The number of aliphatic hydroxyl groups excluding tert-OH is 1. The molecule has 19 heavy (non-hydrogen) atoms. The normalized spacial score (nSPS) is 12.2. The van der Waals surface area contributed by atoms with E-state index in [4.69, 9.17) is 5.11 Å². The minimum absolute atomic E-state index is 0.0228. The van der Waals surface area contributed by atoms with E-state index < -0.39 is 24.4 Å². The first-order chi connectivity index (χ1) is 8.81. The van der Waals surface area contributed by atoms with Crippen LogP contribution in [0.25, 0.3) is 0 Å². The molecule has 0 saturated carbocycles. The molecule has 0 bridgehead atoms. The molecule has 0 atom stereocenters. The molecular formula is C12H14F5NO. The first kappa shape index (κ1) is 15.8. The molecule has 0 amide bonds. The largest absolute Gasteiger partial charge is 0.401 e. The van der Waals surface area contributed by atoms with Gasteiger partial charge in [0.1, 0.15) is 0 Å². The van der Waals surface area contributed by atoms with Crippen LogP contribution in [0.15, 0.2) is 18.2 Å². The molecule has 0 aliphatic heterocycles. The van der Waals surface area contributed by atoms with E-state index in [0.717, 1.165) is 17.0 Å². The van der Waals surface area contributed by atoms with E-state index in [0.29, 0.717) is 0 Å². The summed E-state index contributed by atoms with van der Waals surface area (Å²) in [6.07, 6.45) is -4.20. The molecule has 0 aliphatic rings. The van der Waals surface area contributed by atoms with E-state index in [2.05, 4.69) is 0 Å². The molecule has 1 aromatic rings. The van der Waals surface area contributed by atoms with Crippen LogP contribution in [0.3, 0.4) is 0 Å². The van der Waals surface area contributed by atoms with Crippen LogP contribution in [0.1, 0.15) is 12.0 Å². The van der Waals surface area contributed by atoms with E-state index in [9.17, 15) is 22.0 Å². The second-order valence-corrected chi connectivity index (χ2v) is 4.15. The zero-order valence-corrected chi connectivity index (χ0v) is 10.1. The Bertz CT molecular complexity index is 408. The highest BCUT2D eigenvalue weighted by molar-refractivity contribution is 5.17. The fourth-order valence-electron chi connectivity index (χ4n) is 1.66. The van der Waals surface area contributed by atoms with Crippen LogP contribution >= 0.6 is 0 Å². The van der Waals surface area contributed by atoms with Crippen LogP contribution in [-0.2, 0) is 6.54 Å². The molecule has 0 radical (unpaired) electrons. The maximum Gasteiger partial charge on any atom is 0.401 e. The van der Waals surface area contributed by atoms with Gasteiger partial charge in [0.2, 0.25) is 0 Å². The Hall–Kier alpha value is -1.21. The van der Waals surface area contributed by atoms with Crippen molar-refractivity contribution in [1.29, 1.82) is 0 Å². The van der Waals surface area contributed by atoms with Crippen LogP contribution in [0, 0.1) is 11.6 Å². The van der Waals surface area contributed by atoms with Crippen molar-refractivity contribution in [1.82, 2.24) is 4.90 Å². The molecule has 0 aromatic heterocycles. The van der Waals surface area contributed by atoms with Gasteiger partial charge in [0.25, 0.3) is 0 Å². The molecule has 0 spiro atoms. The van der Waals surface area contributed by atoms with Crippen LogP contribution in [0.4, 0.5) is 22.0 Å². The zero-order valence-electron chi connectivity index (χ0n) is 10.1. The molecule has 1 N–H and O–H groups in total. The second-order valence-electron chi connectivity index (χ2n) is 4.15. The van der Waals surface area contributed by atoms with Crippen molar-refractivity contribution in [2.24, 2.45) is 0 Å². The van der Waals surface area contributed by atoms with E-state index in [1.165, 1.54) is 6.07 Å². The maximum absolute atomic E-state index is 13.0. The first-order valence-corrected chi connectivity index (χ1v) is 5.65. The minimum Gasteiger partial charge on any atom is -0.396 e. The Morgan fingerprint density at radius 2 is 1.79 bits per heavy atom.